The van der Waals surface area contributed by atoms with E-state index < -0.39 is 5.97 Å². The molecule has 3 N–H and O–H groups in total. The molecule has 1 aliphatic heterocycles. The van der Waals surface area contributed by atoms with Gasteiger partial charge in [0.15, 0.2) is 4.80 Å². The summed E-state index contributed by atoms with van der Waals surface area (Å²) in [6.07, 6.45) is 3.63. The van der Waals surface area contributed by atoms with Crippen molar-refractivity contribution in [2.45, 2.75) is 13.5 Å². The summed E-state index contributed by atoms with van der Waals surface area (Å²) in [6.45, 7) is 2.38. The van der Waals surface area contributed by atoms with Crippen molar-refractivity contribution < 1.29 is 20.1 Å². The van der Waals surface area contributed by atoms with Gasteiger partial charge in [-0.3, -0.25) is 9.56 Å². The Hall–Kier alpha value is -3.65. The molecule has 4 rings (SSSR count). The number of carbonyl (C=O) groups is 1. The Morgan fingerprint density at radius 1 is 1.24 bits per heavy atom. The third-order valence-corrected chi connectivity index (χ3v) is 5.52. The lowest BCUT2D eigenvalue weighted by Gasteiger charge is -2.02. The fraction of sp³-hybridized carbons (Fsp3) is 0.0952. The van der Waals surface area contributed by atoms with Gasteiger partial charge in [0.25, 0.3) is 0 Å². The third kappa shape index (κ3) is 3.45. The van der Waals surface area contributed by atoms with Crippen LogP contribution in [0.3, 0.4) is 0 Å². The lowest BCUT2D eigenvalue weighted by atomic mass is 10.1. The van der Waals surface area contributed by atoms with E-state index in [1.165, 1.54) is 29.5 Å². The van der Waals surface area contributed by atoms with Gasteiger partial charge in [0.2, 0.25) is 5.88 Å². The molecule has 0 bridgehead atoms. The number of hydrogen-bond donors (Lipinski definition) is 3. The molecule has 7 nitrogen and oxygen atoms in total. The average Bonchev–Trinajstić information content (AvgIpc) is 3.23. The Morgan fingerprint density at radius 3 is 2.76 bits per heavy atom. The van der Waals surface area contributed by atoms with Crippen molar-refractivity contribution in [2.75, 3.05) is 0 Å². The van der Waals surface area contributed by atoms with Crippen molar-refractivity contribution in [3.63, 3.8) is 0 Å². The first-order valence-electron chi connectivity index (χ1n) is 8.86. The highest BCUT2D eigenvalue weighted by Crippen LogP contribution is 2.34. The largest absolute Gasteiger partial charge is 0.507 e. The van der Waals surface area contributed by atoms with E-state index in [9.17, 15) is 15.0 Å². The summed E-state index contributed by atoms with van der Waals surface area (Å²) in [7, 11) is 0. The fourth-order valence-corrected chi connectivity index (χ4v) is 4.12. The van der Waals surface area contributed by atoms with Gasteiger partial charge in [0.05, 0.1) is 16.3 Å². The number of aromatic carboxylic acids is 1. The Kier molecular flexibility index (Phi) is 4.77. The second-order valence-corrected chi connectivity index (χ2v) is 7.32. The first-order chi connectivity index (χ1) is 14.0. The summed E-state index contributed by atoms with van der Waals surface area (Å²) in [4.78, 5) is 21.1. The monoisotopic (exact) mass is 407 g/mol. The van der Waals surface area contributed by atoms with Gasteiger partial charge in [0.1, 0.15) is 11.3 Å². The van der Waals surface area contributed by atoms with Gasteiger partial charge in [-0.25, -0.2) is 9.79 Å². The molecule has 8 heteroatoms. The number of carboxylic acids is 1. The van der Waals surface area contributed by atoms with Crippen molar-refractivity contribution in [2.24, 2.45) is 9.98 Å². The fourth-order valence-electron chi connectivity index (χ4n) is 3.06. The van der Waals surface area contributed by atoms with Crippen LogP contribution in [0.5, 0.6) is 11.6 Å². The highest BCUT2D eigenvalue weighted by molar-refractivity contribution is 7.10. The molecule has 0 saturated heterocycles. The summed E-state index contributed by atoms with van der Waals surface area (Å²) >= 11 is 1.29. The van der Waals surface area contributed by atoms with Crippen LogP contribution in [0.1, 0.15) is 27.7 Å². The number of para-hydroxylation sites is 1. The van der Waals surface area contributed by atoms with Gasteiger partial charge in [-0.1, -0.05) is 29.5 Å². The molecule has 29 heavy (non-hydrogen) atoms. The normalized spacial score (nSPS) is 14.5. The number of benzene rings is 2. The number of allylic oxidation sites excluding steroid dienone is 1. The summed E-state index contributed by atoms with van der Waals surface area (Å²) in [5.41, 5.74) is 2.98. The molecule has 0 amide bonds. The summed E-state index contributed by atoms with van der Waals surface area (Å²) in [6, 6.07) is 11.9. The predicted octanol–water partition coefficient (Wildman–Crippen LogP) is 4.17. The highest BCUT2D eigenvalue weighted by atomic mass is 32.1. The SMILES string of the molecule is CCn1c(O)c(/C=C2\C=Nc3ccccc32)sc1=Nc1ccc(C(=O)O)c(O)c1. The minimum absolute atomic E-state index is 0.0907. The van der Waals surface area contributed by atoms with E-state index in [1.54, 1.807) is 10.8 Å². The first-order valence-corrected chi connectivity index (χ1v) is 9.68. The maximum absolute atomic E-state index is 11.0. The quantitative estimate of drug-likeness (QED) is 0.603. The van der Waals surface area contributed by atoms with Crippen LogP contribution in [0, 0.1) is 0 Å². The molecule has 1 aromatic heterocycles. The maximum atomic E-state index is 11.0. The molecule has 0 spiro atoms. The van der Waals surface area contributed by atoms with Crippen LogP contribution in [0.4, 0.5) is 11.4 Å². The summed E-state index contributed by atoms with van der Waals surface area (Å²) < 4.78 is 1.65. The van der Waals surface area contributed by atoms with Crippen LogP contribution in [0.25, 0.3) is 11.6 Å². The average molecular weight is 407 g/mol. The predicted molar refractivity (Wildman–Crippen MR) is 112 cm³/mol. The van der Waals surface area contributed by atoms with Crippen molar-refractivity contribution in [3.05, 3.63) is 63.3 Å². The zero-order chi connectivity index (χ0) is 20.5. The minimum Gasteiger partial charge on any atom is -0.507 e. The van der Waals surface area contributed by atoms with Crippen LogP contribution in [0.2, 0.25) is 0 Å². The lowest BCUT2D eigenvalue weighted by molar-refractivity contribution is 0.0694. The number of carboxylic acid groups (broad SMARTS) is 1. The summed E-state index contributed by atoms with van der Waals surface area (Å²) in [5.74, 6) is -1.48. The number of fused-ring (bicyclic) bond motifs is 1. The number of aliphatic imine (C=N–C) groups is 1. The van der Waals surface area contributed by atoms with Gasteiger partial charge in [-0.05, 0) is 31.2 Å². The van der Waals surface area contributed by atoms with Gasteiger partial charge >= 0.3 is 5.97 Å². The van der Waals surface area contributed by atoms with E-state index in [1.807, 2.05) is 37.3 Å². The van der Waals surface area contributed by atoms with Crippen molar-refractivity contribution in [1.29, 1.82) is 0 Å². The lowest BCUT2D eigenvalue weighted by Crippen LogP contribution is -2.12. The zero-order valence-electron chi connectivity index (χ0n) is 15.4. The third-order valence-electron chi connectivity index (χ3n) is 4.51. The number of thiazole rings is 1. The second-order valence-electron chi connectivity index (χ2n) is 6.31. The van der Waals surface area contributed by atoms with E-state index in [0.29, 0.717) is 21.9 Å². The number of aromatic hydroxyl groups is 2. The Bertz CT molecular complexity index is 1250. The molecular formula is C21H17N3O4S. The molecule has 0 atom stereocenters. The highest BCUT2D eigenvalue weighted by Gasteiger charge is 2.15. The maximum Gasteiger partial charge on any atom is 0.339 e. The number of nitrogens with zero attached hydrogens (tertiary/aromatic N) is 3. The van der Waals surface area contributed by atoms with Gasteiger partial charge < -0.3 is 15.3 Å². The van der Waals surface area contributed by atoms with Crippen molar-refractivity contribution >= 4 is 46.5 Å². The molecule has 0 fully saturated rings. The molecule has 0 radical (unpaired) electrons. The standard InChI is InChI=1S/C21H17N3O4S/c1-2-24-19(26)18(9-12-11-22-16-6-4-3-5-14(12)16)29-21(24)23-13-7-8-15(20(27)28)17(25)10-13/h3-11,25-26H,2H2,1H3,(H,27,28)/b12-9+,23-21?. The van der Waals surface area contributed by atoms with E-state index >= 15 is 0 Å². The molecular weight excluding hydrogens is 390 g/mol. The van der Waals surface area contributed by atoms with Crippen molar-refractivity contribution in [3.8, 4) is 11.6 Å². The first kappa shape index (κ1) is 18.7. The molecule has 0 unspecified atom stereocenters. The smallest absolute Gasteiger partial charge is 0.339 e. The van der Waals surface area contributed by atoms with Crippen LogP contribution in [0.15, 0.2) is 52.4 Å². The topological polar surface area (TPSA) is 107 Å². The van der Waals surface area contributed by atoms with E-state index in [0.717, 1.165) is 16.8 Å². The van der Waals surface area contributed by atoms with Gasteiger partial charge in [0, 0.05) is 30.0 Å². The minimum atomic E-state index is -1.21. The van der Waals surface area contributed by atoms with E-state index in [4.69, 9.17) is 5.11 Å². The molecule has 146 valence electrons. The second kappa shape index (κ2) is 7.40. The zero-order valence-corrected chi connectivity index (χ0v) is 16.2. The van der Waals surface area contributed by atoms with Crippen molar-refractivity contribution in [1.82, 2.24) is 4.57 Å². The summed E-state index contributed by atoms with van der Waals surface area (Å²) in [5, 5.41) is 29.6. The molecule has 3 aromatic rings. The molecule has 0 saturated carbocycles. The van der Waals surface area contributed by atoms with Crippen LogP contribution < -0.4 is 4.80 Å². The molecule has 2 heterocycles. The molecule has 2 aromatic carbocycles. The van der Waals surface area contributed by atoms with E-state index in [-0.39, 0.29) is 17.2 Å². The Labute approximate surface area is 169 Å². The number of hydrogen-bond acceptors (Lipinski definition) is 6. The van der Waals surface area contributed by atoms with Crippen LogP contribution >= 0.6 is 11.3 Å². The van der Waals surface area contributed by atoms with Gasteiger partial charge in [-0.2, -0.15) is 0 Å². The number of phenols is 1. The van der Waals surface area contributed by atoms with E-state index in [2.05, 4.69) is 9.98 Å². The molecule has 1 aliphatic rings. The Morgan fingerprint density at radius 2 is 2.03 bits per heavy atom. The molecule has 0 aliphatic carbocycles. The Balaban J connectivity index is 1.78. The van der Waals surface area contributed by atoms with Crippen LogP contribution in [-0.2, 0) is 6.54 Å². The number of aromatic nitrogens is 1. The van der Waals surface area contributed by atoms with Gasteiger partial charge in [-0.15, -0.1) is 0 Å². The van der Waals surface area contributed by atoms with Crippen LogP contribution in [-0.4, -0.2) is 32.1 Å². The number of rotatable bonds is 4.